The van der Waals surface area contributed by atoms with Crippen LogP contribution in [0.15, 0.2) is 82.8 Å². The molecule has 9 heteroatoms. The van der Waals surface area contributed by atoms with E-state index in [0.717, 1.165) is 4.90 Å². The molecule has 0 bridgehead atoms. The van der Waals surface area contributed by atoms with Crippen LogP contribution in [0.5, 0.6) is 11.5 Å². The number of benzene rings is 3. The average molecular weight is 521 g/mol. The zero-order chi connectivity index (χ0) is 24.2. The smallest absolute Gasteiger partial charge is 0.343 e. The number of urea groups is 1. The summed E-state index contributed by atoms with van der Waals surface area (Å²) >= 11 is 3.34. The van der Waals surface area contributed by atoms with Gasteiger partial charge in [-0.05, 0) is 60.7 Å². The van der Waals surface area contributed by atoms with Crippen molar-refractivity contribution in [1.29, 1.82) is 0 Å². The molecule has 0 unspecified atom stereocenters. The molecule has 0 aliphatic carbocycles. The molecule has 1 N–H and O–H groups in total. The van der Waals surface area contributed by atoms with Gasteiger partial charge in [-0.3, -0.25) is 14.9 Å². The number of nitrogens with one attached hydrogen (secondary N) is 1. The minimum Gasteiger partial charge on any atom is -0.497 e. The average Bonchev–Trinajstić information content (AvgIpc) is 2.84. The second kappa shape index (κ2) is 9.72. The second-order valence-corrected chi connectivity index (χ2v) is 8.01. The van der Waals surface area contributed by atoms with Gasteiger partial charge in [-0.1, -0.05) is 34.1 Å². The predicted molar refractivity (Wildman–Crippen MR) is 128 cm³/mol. The number of amides is 4. The van der Waals surface area contributed by atoms with Gasteiger partial charge in [0, 0.05) is 10.0 Å². The third-order valence-corrected chi connectivity index (χ3v) is 5.41. The highest BCUT2D eigenvalue weighted by atomic mass is 79.9. The molecule has 1 saturated heterocycles. The number of barbiturate groups is 1. The third-order valence-electron chi connectivity index (χ3n) is 4.92. The number of imide groups is 2. The maximum atomic E-state index is 13.2. The van der Waals surface area contributed by atoms with Crippen LogP contribution < -0.4 is 19.7 Å². The molecule has 0 atom stereocenters. The Morgan fingerprint density at radius 1 is 0.971 bits per heavy atom. The largest absolute Gasteiger partial charge is 0.497 e. The fraction of sp³-hybridized carbons (Fsp3) is 0.0400. The Morgan fingerprint density at radius 2 is 1.68 bits per heavy atom. The maximum absolute atomic E-state index is 13.2. The van der Waals surface area contributed by atoms with Crippen LogP contribution in [0.1, 0.15) is 15.9 Å². The number of carbonyl (C=O) groups excluding carboxylic acids is 4. The summed E-state index contributed by atoms with van der Waals surface area (Å²) in [4.78, 5) is 51.5. The highest BCUT2D eigenvalue weighted by Gasteiger charge is 2.37. The summed E-state index contributed by atoms with van der Waals surface area (Å²) in [7, 11) is 1.49. The summed E-state index contributed by atoms with van der Waals surface area (Å²) in [5.41, 5.74) is 0.588. The van der Waals surface area contributed by atoms with Crippen LogP contribution in [0, 0.1) is 0 Å². The van der Waals surface area contributed by atoms with Crippen molar-refractivity contribution in [1.82, 2.24) is 5.32 Å². The molecule has 1 aliphatic rings. The fourth-order valence-electron chi connectivity index (χ4n) is 3.24. The van der Waals surface area contributed by atoms with Gasteiger partial charge in [0.1, 0.15) is 17.1 Å². The molecule has 3 aromatic rings. The number of anilines is 1. The molecule has 3 aromatic carbocycles. The highest BCUT2D eigenvalue weighted by Crippen LogP contribution is 2.29. The van der Waals surface area contributed by atoms with Crippen LogP contribution in [0.4, 0.5) is 10.5 Å². The first kappa shape index (κ1) is 22.9. The Balaban J connectivity index is 1.70. The third kappa shape index (κ3) is 4.74. The lowest BCUT2D eigenvalue weighted by atomic mass is 10.1. The molecule has 0 radical (unpaired) electrons. The monoisotopic (exact) mass is 520 g/mol. The lowest BCUT2D eigenvalue weighted by Gasteiger charge is -2.26. The molecule has 1 aliphatic heterocycles. The maximum Gasteiger partial charge on any atom is 0.343 e. The van der Waals surface area contributed by atoms with Gasteiger partial charge in [0.25, 0.3) is 11.8 Å². The number of ether oxygens (including phenoxy) is 2. The Kier molecular flexibility index (Phi) is 6.55. The molecule has 0 saturated carbocycles. The van der Waals surface area contributed by atoms with Crippen LogP contribution in [0.3, 0.4) is 0 Å². The summed E-state index contributed by atoms with van der Waals surface area (Å²) in [6.07, 6.45) is 1.28. The van der Waals surface area contributed by atoms with Crippen molar-refractivity contribution in [3.63, 3.8) is 0 Å². The summed E-state index contributed by atoms with van der Waals surface area (Å²) in [6, 6.07) is 18.5. The van der Waals surface area contributed by atoms with Gasteiger partial charge in [0.2, 0.25) is 0 Å². The topological polar surface area (TPSA) is 102 Å². The predicted octanol–water partition coefficient (Wildman–Crippen LogP) is 4.34. The van der Waals surface area contributed by atoms with Gasteiger partial charge in [-0.15, -0.1) is 0 Å². The first-order valence-electron chi connectivity index (χ1n) is 9.99. The number of rotatable bonds is 5. The highest BCUT2D eigenvalue weighted by molar-refractivity contribution is 9.10. The first-order valence-corrected chi connectivity index (χ1v) is 10.8. The van der Waals surface area contributed by atoms with Gasteiger partial charge in [0.05, 0.1) is 18.4 Å². The lowest BCUT2D eigenvalue weighted by Crippen LogP contribution is -2.54. The molecule has 8 nitrogen and oxygen atoms in total. The van der Waals surface area contributed by atoms with Crippen LogP contribution in [-0.4, -0.2) is 30.9 Å². The van der Waals surface area contributed by atoms with E-state index < -0.39 is 23.8 Å². The lowest BCUT2D eigenvalue weighted by molar-refractivity contribution is -0.122. The summed E-state index contributed by atoms with van der Waals surface area (Å²) in [6.45, 7) is 0. The number of carbonyl (C=O) groups is 4. The number of esters is 1. The quantitative estimate of drug-likeness (QED) is 0.232. The van der Waals surface area contributed by atoms with E-state index in [0.29, 0.717) is 21.3 Å². The summed E-state index contributed by atoms with van der Waals surface area (Å²) in [5, 5.41) is 2.17. The van der Waals surface area contributed by atoms with Crippen LogP contribution in [0.25, 0.3) is 6.08 Å². The second-order valence-electron chi connectivity index (χ2n) is 7.09. The van der Waals surface area contributed by atoms with Crippen LogP contribution >= 0.6 is 15.9 Å². The molecule has 34 heavy (non-hydrogen) atoms. The number of hydrogen-bond donors (Lipinski definition) is 1. The van der Waals surface area contributed by atoms with E-state index in [9.17, 15) is 19.2 Å². The Bertz CT molecular complexity index is 1320. The molecule has 4 rings (SSSR count). The van der Waals surface area contributed by atoms with Crippen molar-refractivity contribution in [2.45, 2.75) is 0 Å². The standard InChI is InChI=1S/C25H17BrN2O6/c1-33-19-10-8-18(9-11-19)28-23(30)20(22(29)27-25(28)32)14-16-13-17(26)7-12-21(16)34-24(31)15-5-3-2-4-6-15/h2-14H,1H3,(H,27,29,32)/b20-14-. The van der Waals surface area contributed by atoms with Gasteiger partial charge >= 0.3 is 12.0 Å². The van der Waals surface area contributed by atoms with E-state index in [4.69, 9.17) is 9.47 Å². The number of methoxy groups -OCH3 is 1. The van der Waals surface area contributed by atoms with E-state index in [2.05, 4.69) is 21.2 Å². The number of nitrogens with zero attached hydrogens (tertiary/aromatic N) is 1. The molecular weight excluding hydrogens is 504 g/mol. The number of hydrogen-bond acceptors (Lipinski definition) is 6. The molecule has 1 fully saturated rings. The van der Waals surface area contributed by atoms with Gasteiger partial charge in [0.15, 0.2) is 0 Å². The molecule has 170 valence electrons. The van der Waals surface area contributed by atoms with E-state index in [1.807, 2.05) is 0 Å². The van der Waals surface area contributed by atoms with E-state index in [1.165, 1.54) is 31.4 Å². The normalized spacial score (nSPS) is 14.7. The van der Waals surface area contributed by atoms with Crippen molar-refractivity contribution in [2.24, 2.45) is 0 Å². The van der Waals surface area contributed by atoms with Crippen molar-refractivity contribution in [3.05, 3.63) is 94.0 Å². The Morgan fingerprint density at radius 3 is 2.35 bits per heavy atom. The SMILES string of the molecule is COc1ccc(N2C(=O)NC(=O)/C(=C/c3cc(Br)ccc3OC(=O)c3ccccc3)C2=O)cc1. The van der Waals surface area contributed by atoms with Crippen molar-refractivity contribution in [2.75, 3.05) is 12.0 Å². The Labute approximate surface area is 202 Å². The minimum absolute atomic E-state index is 0.137. The van der Waals surface area contributed by atoms with Gasteiger partial charge in [-0.2, -0.15) is 0 Å². The van der Waals surface area contributed by atoms with E-state index in [-0.39, 0.29) is 17.0 Å². The number of halogens is 1. The molecule has 0 spiro atoms. The molecular formula is C25H17BrN2O6. The molecule has 1 heterocycles. The summed E-state index contributed by atoms with van der Waals surface area (Å²) in [5.74, 6) is -1.60. The van der Waals surface area contributed by atoms with Gasteiger partial charge < -0.3 is 9.47 Å². The van der Waals surface area contributed by atoms with Crippen LogP contribution in [-0.2, 0) is 9.59 Å². The summed E-state index contributed by atoms with van der Waals surface area (Å²) < 4.78 is 11.2. The van der Waals surface area contributed by atoms with Crippen molar-refractivity contribution >= 4 is 51.5 Å². The minimum atomic E-state index is -0.873. The van der Waals surface area contributed by atoms with Gasteiger partial charge in [-0.25, -0.2) is 14.5 Å². The van der Waals surface area contributed by atoms with Crippen molar-refractivity contribution in [3.8, 4) is 11.5 Å². The zero-order valence-corrected chi connectivity index (χ0v) is 19.4. The van der Waals surface area contributed by atoms with E-state index in [1.54, 1.807) is 54.6 Å². The Hall–Kier alpha value is -4.24. The van der Waals surface area contributed by atoms with Crippen LogP contribution in [0.2, 0.25) is 0 Å². The van der Waals surface area contributed by atoms with E-state index >= 15 is 0 Å². The first-order chi connectivity index (χ1) is 16.4. The zero-order valence-electron chi connectivity index (χ0n) is 17.8. The fourth-order valence-corrected chi connectivity index (χ4v) is 3.62. The van der Waals surface area contributed by atoms with Crippen molar-refractivity contribution < 1.29 is 28.7 Å². The molecule has 0 aromatic heterocycles. The molecule has 4 amide bonds.